The Hall–Kier alpha value is -0.760. The Morgan fingerprint density at radius 2 is 2.14 bits per heavy atom. The van der Waals surface area contributed by atoms with Crippen LogP contribution in [0.3, 0.4) is 0 Å². The Balaban J connectivity index is 2.28. The van der Waals surface area contributed by atoms with Crippen molar-refractivity contribution >= 4 is 26.8 Å². The van der Waals surface area contributed by atoms with Crippen LogP contribution >= 0.6 is 15.9 Å². The highest BCUT2D eigenvalue weighted by Crippen LogP contribution is 2.45. The first kappa shape index (κ1) is 8.54. The zero-order chi connectivity index (χ0) is 9.71. The van der Waals surface area contributed by atoms with Crippen LogP contribution in [0, 0.1) is 6.92 Å². The van der Waals surface area contributed by atoms with Crippen LogP contribution in [0.4, 0.5) is 0 Å². The molecule has 1 nitrogen and oxygen atoms in total. The molecule has 1 aromatic heterocycles. The Morgan fingerprint density at radius 1 is 1.36 bits per heavy atom. The fraction of sp³-hybridized carbons (Fsp3) is 0.333. The molecule has 0 atom stereocenters. The van der Waals surface area contributed by atoms with E-state index >= 15 is 0 Å². The summed E-state index contributed by atoms with van der Waals surface area (Å²) in [5.41, 5.74) is 3.97. The number of aryl methyl sites for hydroxylation is 1. The second-order valence-corrected chi connectivity index (χ2v) is 4.97. The molecule has 1 aromatic carbocycles. The fourth-order valence-electron chi connectivity index (χ4n) is 1.95. The Morgan fingerprint density at radius 3 is 2.86 bits per heavy atom. The normalized spacial score (nSPS) is 16.4. The number of hydrogen-bond acceptors (Lipinski definition) is 0. The van der Waals surface area contributed by atoms with Crippen LogP contribution in [0.5, 0.6) is 0 Å². The van der Waals surface area contributed by atoms with Gasteiger partial charge in [-0.15, -0.1) is 0 Å². The van der Waals surface area contributed by atoms with Gasteiger partial charge < -0.3 is 4.98 Å². The Kier molecular flexibility index (Phi) is 1.75. The molecule has 1 saturated carbocycles. The van der Waals surface area contributed by atoms with E-state index in [9.17, 15) is 0 Å². The van der Waals surface area contributed by atoms with Crippen LogP contribution in [0.1, 0.15) is 30.0 Å². The lowest BCUT2D eigenvalue weighted by Gasteiger charge is -1.92. The van der Waals surface area contributed by atoms with Crippen LogP contribution in [0.25, 0.3) is 10.9 Å². The molecular weight excluding hydrogens is 238 g/mol. The Labute approximate surface area is 91.6 Å². The first-order chi connectivity index (χ1) is 6.75. The summed E-state index contributed by atoms with van der Waals surface area (Å²) in [5.74, 6) is 0.775. The lowest BCUT2D eigenvalue weighted by molar-refractivity contribution is 1.05. The van der Waals surface area contributed by atoms with E-state index < -0.39 is 0 Å². The molecule has 0 unspecified atom stereocenters. The van der Waals surface area contributed by atoms with Crippen LogP contribution in [-0.2, 0) is 0 Å². The number of hydrogen-bond donors (Lipinski definition) is 1. The predicted molar refractivity (Wildman–Crippen MR) is 62.7 cm³/mol. The van der Waals surface area contributed by atoms with Gasteiger partial charge in [0.05, 0.1) is 0 Å². The SMILES string of the molecule is Cc1ccc2c(Br)c(C3CC3)[nH]c2c1. The summed E-state index contributed by atoms with van der Waals surface area (Å²) >= 11 is 3.69. The first-order valence-electron chi connectivity index (χ1n) is 5.03. The molecule has 0 spiro atoms. The summed E-state index contributed by atoms with van der Waals surface area (Å²) in [6, 6.07) is 6.57. The van der Waals surface area contributed by atoms with Crippen molar-refractivity contribution in [3.05, 3.63) is 33.9 Å². The largest absolute Gasteiger partial charge is 0.357 e. The van der Waals surface area contributed by atoms with Gasteiger partial charge in [-0.2, -0.15) is 0 Å². The van der Waals surface area contributed by atoms with Gasteiger partial charge in [0.1, 0.15) is 0 Å². The summed E-state index contributed by atoms with van der Waals surface area (Å²) < 4.78 is 1.27. The predicted octanol–water partition coefficient (Wildman–Crippen LogP) is 4.12. The van der Waals surface area contributed by atoms with Gasteiger partial charge in [-0.3, -0.25) is 0 Å². The molecule has 0 bridgehead atoms. The molecule has 1 aliphatic rings. The van der Waals surface area contributed by atoms with E-state index in [1.54, 1.807) is 0 Å². The number of nitrogens with one attached hydrogen (secondary N) is 1. The van der Waals surface area contributed by atoms with Crippen molar-refractivity contribution in [3.63, 3.8) is 0 Å². The van der Waals surface area contributed by atoms with E-state index in [1.165, 1.54) is 39.5 Å². The molecule has 72 valence electrons. The first-order valence-corrected chi connectivity index (χ1v) is 5.83. The molecule has 1 fully saturated rings. The van der Waals surface area contributed by atoms with Crippen LogP contribution in [0.2, 0.25) is 0 Å². The maximum Gasteiger partial charge on any atom is 0.0470 e. The number of aromatic amines is 1. The van der Waals surface area contributed by atoms with E-state index in [2.05, 4.69) is 46.0 Å². The average Bonchev–Trinajstić information content (AvgIpc) is 2.93. The maximum absolute atomic E-state index is 3.69. The molecule has 1 heterocycles. The highest BCUT2D eigenvalue weighted by molar-refractivity contribution is 9.10. The second-order valence-electron chi connectivity index (χ2n) is 4.18. The zero-order valence-electron chi connectivity index (χ0n) is 8.10. The van der Waals surface area contributed by atoms with Gasteiger partial charge in [-0.05, 0) is 47.3 Å². The highest BCUT2D eigenvalue weighted by atomic mass is 79.9. The van der Waals surface area contributed by atoms with Crippen LogP contribution in [-0.4, -0.2) is 4.98 Å². The van der Waals surface area contributed by atoms with Crippen molar-refractivity contribution in [2.45, 2.75) is 25.7 Å². The minimum Gasteiger partial charge on any atom is -0.357 e. The van der Waals surface area contributed by atoms with Gasteiger partial charge in [-0.25, -0.2) is 0 Å². The minimum absolute atomic E-state index is 0.775. The van der Waals surface area contributed by atoms with E-state index in [1.807, 2.05) is 0 Å². The van der Waals surface area contributed by atoms with Gasteiger partial charge in [0.25, 0.3) is 0 Å². The summed E-state index contributed by atoms with van der Waals surface area (Å²) in [5, 5.41) is 1.32. The van der Waals surface area contributed by atoms with Gasteiger partial charge in [0.15, 0.2) is 0 Å². The van der Waals surface area contributed by atoms with Crippen molar-refractivity contribution in [1.82, 2.24) is 4.98 Å². The molecule has 2 aromatic rings. The van der Waals surface area contributed by atoms with Crippen molar-refractivity contribution < 1.29 is 0 Å². The number of benzene rings is 1. The van der Waals surface area contributed by atoms with Gasteiger partial charge in [0.2, 0.25) is 0 Å². The molecule has 1 aliphatic carbocycles. The van der Waals surface area contributed by atoms with Crippen LogP contribution < -0.4 is 0 Å². The summed E-state index contributed by atoms with van der Waals surface area (Å²) in [7, 11) is 0. The molecule has 14 heavy (non-hydrogen) atoms. The minimum atomic E-state index is 0.775. The summed E-state index contributed by atoms with van der Waals surface area (Å²) in [6.07, 6.45) is 2.68. The van der Waals surface area contributed by atoms with Crippen molar-refractivity contribution in [3.8, 4) is 0 Å². The fourth-order valence-corrected chi connectivity index (χ4v) is 2.72. The molecule has 1 N–H and O–H groups in total. The smallest absolute Gasteiger partial charge is 0.0470 e. The lowest BCUT2D eigenvalue weighted by atomic mass is 10.2. The van der Waals surface area contributed by atoms with E-state index in [0.29, 0.717) is 0 Å². The van der Waals surface area contributed by atoms with E-state index in [-0.39, 0.29) is 0 Å². The molecule has 0 saturated heterocycles. The highest BCUT2D eigenvalue weighted by Gasteiger charge is 2.27. The Bertz CT molecular complexity index is 494. The van der Waals surface area contributed by atoms with E-state index in [4.69, 9.17) is 0 Å². The number of rotatable bonds is 1. The summed E-state index contributed by atoms with van der Waals surface area (Å²) in [4.78, 5) is 3.52. The van der Waals surface area contributed by atoms with Crippen LogP contribution in [0.15, 0.2) is 22.7 Å². The third-order valence-electron chi connectivity index (χ3n) is 2.90. The van der Waals surface area contributed by atoms with Crippen molar-refractivity contribution in [2.24, 2.45) is 0 Å². The van der Waals surface area contributed by atoms with E-state index in [0.717, 1.165) is 5.92 Å². The molecule has 0 amide bonds. The quantitative estimate of drug-likeness (QED) is 0.783. The van der Waals surface area contributed by atoms with Gasteiger partial charge in [-0.1, -0.05) is 12.1 Å². The molecule has 0 radical (unpaired) electrons. The molecule has 0 aliphatic heterocycles. The number of fused-ring (bicyclic) bond motifs is 1. The standard InChI is InChI=1S/C12H12BrN/c1-7-2-5-9-10(6-7)14-12(11(9)13)8-3-4-8/h2,5-6,8,14H,3-4H2,1H3. The third-order valence-corrected chi connectivity index (χ3v) is 3.76. The van der Waals surface area contributed by atoms with Gasteiger partial charge in [0, 0.05) is 27.0 Å². The number of H-pyrrole nitrogens is 1. The maximum atomic E-state index is 3.69. The molecule has 2 heteroatoms. The zero-order valence-corrected chi connectivity index (χ0v) is 9.69. The monoisotopic (exact) mass is 249 g/mol. The molecule has 3 rings (SSSR count). The number of halogens is 1. The summed E-state index contributed by atoms with van der Waals surface area (Å²) in [6.45, 7) is 2.13. The second kappa shape index (κ2) is 2.86. The third kappa shape index (κ3) is 1.21. The molecular formula is C12H12BrN. The lowest BCUT2D eigenvalue weighted by Crippen LogP contribution is -1.77. The van der Waals surface area contributed by atoms with Crippen molar-refractivity contribution in [1.29, 1.82) is 0 Å². The van der Waals surface area contributed by atoms with Crippen molar-refractivity contribution in [2.75, 3.05) is 0 Å². The van der Waals surface area contributed by atoms with Gasteiger partial charge >= 0.3 is 0 Å². The topological polar surface area (TPSA) is 15.8 Å². The average molecular weight is 250 g/mol. The number of aromatic nitrogens is 1.